The average molecular weight is 234 g/mol. The van der Waals surface area contributed by atoms with E-state index < -0.39 is 6.10 Å². The van der Waals surface area contributed by atoms with E-state index in [-0.39, 0.29) is 0 Å². The van der Waals surface area contributed by atoms with Crippen LogP contribution < -0.4 is 5.32 Å². The fourth-order valence-electron chi connectivity index (χ4n) is 2.41. The third kappa shape index (κ3) is 3.80. The largest absolute Gasteiger partial charge is 0.387 e. The molecule has 3 heteroatoms. The molecule has 0 radical (unpaired) electrons. The lowest BCUT2D eigenvalue weighted by Gasteiger charge is -2.15. The van der Waals surface area contributed by atoms with Crippen LogP contribution >= 0.6 is 0 Å². The highest BCUT2D eigenvalue weighted by Crippen LogP contribution is 2.14. The average Bonchev–Trinajstić information content (AvgIpc) is 2.76. The third-order valence-corrected chi connectivity index (χ3v) is 3.44. The summed E-state index contributed by atoms with van der Waals surface area (Å²) in [5.74, 6) is 0.739. The fraction of sp³-hybridized carbons (Fsp3) is 0.571. The Bertz CT molecular complexity index is 328. The summed E-state index contributed by atoms with van der Waals surface area (Å²) in [6.07, 6.45) is 0.876. The molecule has 3 nitrogen and oxygen atoms in total. The Morgan fingerprint density at radius 1 is 1.41 bits per heavy atom. The van der Waals surface area contributed by atoms with E-state index in [1.54, 1.807) is 0 Å². The number of hydrogen-bond donors (Lipinski definition) is 2. The second-order valence-electron chi connectivity index (χ2n) is 5.00. The molecule has 2 atom stereocenters. The first kappa shape index (κ1) is 12.6. The van der Waals surface area contributed by atoms with Gasteiger partial charge in [0.15, 0.2) is 0 Å². The van der Waals surface area contributed by atoms with Crippen molar-refractivity contribution in [2.75, 3.05) is 33.2 Å². The van der Waals surface area contributed by atoms with E-state index in [1.165, 1.54) is 19.5 Å². The molecular weight excluding hydrogens is 212 g/mol. The van der Waals surface area contributed by atoms with Crippen LogP contribution in [0.25, 0.3) is 0 Å². The molecule has 2 unspecified atom stereocenters. The van der Waals surface area contributed by atoms with Gasteiger partial charge in [-0.3, -0.25) is 0 Å². The van der Waals surface area contributed by atoms with Crippen LogP contribution in [-0.2, 0) is 0 Å². The smallest absolute Gasteiger partial charge is 0.0914 e. The molecular formula is C14H22N2O. The lowest BCUT2D eigenvalue weighted by atomic mass is 10.1. The molecule has 1 saturated heterocycles. The zero-order valence-corrected chi connectivity index (χ0v) is 10.5. The van der Waals surface area contributed by atoms with Gasteiger partial charge in [0.1, 0.15) is 0 Å². The zero-order valence-electron chi connectivity index (χ0n) is 10.5. The van der Waals surface area contributed by atoms with Crippen molar-refractivity contribution >= 4 is 0 Å². The molecule has 2 rings (SSSR count). The van der Waals surface area contributed by atoms with Crippen molar-refractivity contribution in [3.63, 3.8) is 0 Å². The third-order valence-electron chi connectivity index (χ3n) is 3.44. The summed E-state index contributed by atoms with van der Waals surface area (Å²) in [5.41, 5.74) is 0.989. The number of aliphatic hydroxyl groups excluding tert-OH is 1. The summed E-state index contributed by atoms with van der Waals surface area (Å²) in [6, 6.07) is 9.83. The minimum absolute atomic E-state index is 0.393. The van der Waals surface area contributed by atoms with E-state index in [0.29, 0.717) is 6.54 Å². The highest BCUT2D eigenvalue weighted by Gasteiger charge is 2.19. The summed E-state index contributed by atoms with van der Waals surface area (Å²) in [7, 11) is 2.17. The van der Waals surface area contributed by atoms with E-state index in [0.717, 1.165) is 18.0 Å². The first-order valence-corrected chi connectivity index (χ1v) is 6.38. The Hall–Kier alpha value is -0.900. The molecule has 0 spiro atoms. The van der Waals surface area contributed by atoms with Crippen LogP contribution in [0.1, 0.15) is 18.1 Å². The maximum absolute atomic E-state index is 9.97. The Morgan fingerprint density at radius 2 is 2.18 bits per heavy atom. The molecule has 0 saturated carbocycles. The maximum atomic E-state index is 9.97. The van der Waals surface area contributed by atoms with Gasteiger partial charge >= 0.3 is 0 Å². The SMILES string of the molecule is CN1CCC(CNCC(O)c2ccccc2)C1. The van der Waals surface area contributed by atoms with Gasteiger partial charge in [0.05, 0.1) is 6.10 Å². The summed E-state index contributed by atoms with van der Waals surface area (Å²) in [5, 5.41) is 13.3. The van der Waals surface area contributed by atoms with Gasteiger partial charge in [0.2, 0.25) is 0 Å². The molecule has 0 aromatic heterocycles. The monoisotopic (exact) mass is 234 g/mol. The van der Waals surface area contributed by atoms with Gasteiger partial charge in [-0.2, -0.15) is 0 Å². The molecule has 0 amide bonds. The highest BCUT2D eigenvalue weighted by molar-refractivity contribution is 5.17. The summed E-state index contributed by atoms with van der Waals surface area (Å²) in [4.78, 5) is 2.36. The standard InChI is InChI=1S/C14H22N2O/c1-16-8-7-12(11-16)9-15-10-14(17)13-5-3-2-4-6-13/h2-6,12,14-15,17H,7-11H2,1H3. The van der Waals surface area contributed by atoms with Crippen molar-refractivity contribution in [2.45, 2.75) is 12.5 Å². The van der Waals surface area contributed by atoms with Gasteiger partial charge in [0, 0.05) is 13.1 Å². The van der Waals surface area contributed by atoms with Crippen LogP contribution in [0, 0.1) is 5.92 Å². The zero-order chi connectivity index (χ0) is 12.1. The molecule has 1 heterocycles. The Labute approximate surface area is 103 Å². The predicted molar refractivity (Wildman–Crippen MR) is 69.9 cm³/mol. The number of nitrogens with one attached hydrogen (secondary N) is 1. The lowest BCUT2D eigenvalue weighted by molar-refractivity contribution is 0.173. The predicted octanol–water partition coefficient (Wildman–Crippen LogP) is 1.26. The molecule has 0 aliphatic carbocycles. The van der Waals surface area contributed by atoms with Crippen LogP contribution in [-0.4, -0.2) is 43.2 Å². The maximum Gasteiger partial charge on any atom is 0.0914 e. The van der Waals surface area contributed by atoms with Crippen molar-refractivity contribution in [2.24, 2.45) is 5.92 Å². The Morgan fingerprint density at radius 3 is 2.82 bits per heavy atom. The van der Waals surface area contributed by atoms with Gasteiger partial charge < -0.3 is 15.3 Å². The topological polar surface area (TPSA) is 35.5 Å². The molecule has 1 aliphatic rings. The highest BCUT2D eigenvalue weighted by atomic mass is 16.3. The van der Waals surface area contributed by atoms with Crippen molar-refractivity contribution in [3.8, 4) is 0 Å². The number of hydrogen-bond acceptors (Lipinski definition) is 3. The van der Waals surface area contributed by atoms with Gasteiger partial charge in [-0.25, -0.2) is 0 Å². The van der Waals surface area contributed by atoms with Crippen LogP contribution in [0.2, 0.25) is 0 Å². The van der Waals surface area contributed by atoms with Crippen molar-refractivity contribution in [1.82, 2.24) is 10.2 Å². The van der Waals surface area contributed by atoms with Crippen molar-refractivity contribution in [3.05, 3.63) is 35.9 Å². The Kier molecular flexibility index (Phi) is 4.54. The Balaban J connectivity index is 1.68. The van der Waals surface area contributed by atoms with Crippen LogP contribution in [0.4, 0.5) is 0 Å². The van der Waals surface area contributed by atoms with E-state index >= 15 is 0 Å². The van der Waals surface area contributed by atoms with Crippen LogP contribution in [0.15, 0.2) is 30.3 Å². The van der Waals surface area contributed by atoms with Gasteiger partial charge in [-0.1, -0.05) is 30.3 Å². The van der Waals surface area contributed by atoms with Gasteiger partial charge in [-0.15, -0.1) is 0 Å². The second kappa shape index (κ2) is 6.15. The number of likely N-dealkylation sites (tertiary alicyclic amines) is 1. The molecule has 1 fully saturated rings. The summed E-state index contributed by atoms with van der Waals surface area (Å²) >= 11 is 0. The first-order valence-electron chi connectivity index (χ1n) is 6.38. The number of rotatable bonds is 5. The number of aliphatic hydroxyl groups is 1. The van der Waals surface area contributed by atoms with E-state index in [4.69, 9.17) is 0 Å². The minimum Gasteiger partial charge on any atom is -0.387 e. The fourth-order valence-corrected chi connectivity index (χ4v) is 2.41. The summed E-state index contributed by atoms with van der Waals surface area (Å²) < 4.78 is 0. The molecule has 1 aromatic rings. The molecule has 94 valence electrons. The van der Waals surface area contributed by atoms with Gasteiger partial charge in [-0.05, 0) is 38.0 Å². The minimum atomic E-state index is -0.393. The summed E-state index contributed by atoms with van der Waals surface area (Å²) in [6.45, 7) is 4.03. The molecule has 2 N–H and O–H groups in total. The first-order chi connectivity index (χ1) is 8.25. The molecule has 1 aliphatic heterocycles. The normalized spacial score (nSPS) is 22.8. The number of nitrogens with zero attached hydrogens (tertiary/aromatic N) is 1. The van der Waals surface area contributed by atoms with Crippen LogP contribution in [0.3, 0.4) is 0 Å². The lowest BCUT2D eigenvalue weighted by Crippen LogP contribution is -2.28. The van der Waals surface area contributed by atoms with E-state index in [2.05, 4.69) is 17.3 Å². The molecule has 1 aromatic carbocycles. The van der Waals surface area contributed by atoms with Crippen molar-refractivity contribution < 1.29 is 5.11 Å². The van der Waals surface area contributed by atoms with Crippen LogP contribution in [0.5, 0.6) is 0 Å². The number of benzene rings is 1. The van der Waals surface area contributed by atoms with Gasteiger partial charge in [0.25, 0.3) is 0 Å². The molecule has 17 heavy (non-hydrogen) atoms. The molecule has 0 bridgehead atoms. The quantitative estimate of drug-likeness (QED) is 0.805. The second-order valence-corrected chi connectivity index (χ2v) is 5.00. The van der Waals surface area contributed by atoms with E-state index in [1.807, 2.05) is 30.3 Å². The van der Waals surface area contributed by atoms with Crippen molar-refractivity contribution in [1.29, 1.82) is 0 Å². The van der Waals surface area contributed by atoms with E-state index in [9.17, 15) is 5.11 Å².